The van der Waals surface area contributed by atoms with E-state index in [1.807, 2.05) is 0 Å². The Morgan fingerprint density at radius 2 is 2.22 bits per heavy atom. The minimum Gasteiger partial charge on any atom is -0.376 e. The Kier molecular flexibility index (Phi) is 6.33. The first-order chi connectivity index (χ1) is 10.9. The Morgan fingerprint density at radius 1 is 1.43 bits per heavy atom. The van der Waals surface area contributed by atoms with E-state index in [0.29, 0.717) is 31.9 Å². The Hall–Kier alpha value is -1.24. The van der Waals surface area contributed by atoms with Crippen LogP contribution in [0.25, 0.3) is 0 Å². The van der Waals surface area contributed by atoms with Crippen molar-refractivity contribution in [3.8, 4) is 0 Å². The van der Waals surface area contributed by atoms with Gasteiger partial charge in [0.1, 0.15) is 5.88 Å². The zero-order valence-corrected chi connectivity index (χ0v) is 13.7. The van der Waals surface area contributed by atoms with E-state index in [9.17, 15) is 13.6 Å². The fraction of sp³-hybridized carbons (Fsp3) is 0.562. The molecule has 1 saturated heterocycles. The van der Waals surface area contributed by atoms with Crippen molar-refractivity contribution >= 4 is 17.5 Å². The molecule has 0 bridgehead atoms. The summed E-state index contributed by atoms with van der Waals surface area (Å²) in [6.45, 7) is 2.78. The lowest BCUT2D eigenvalue weighted by atomic mass is 10.1. The maximum Gasteiger partial charge on any atom is 0.270 e. The number of hydrogen-bond acceptors (Lipinski definition) is 3. The lowest BCUT2D eigenvalue weighted by Crippen LogP contribution is -2.43. The average molecular weight is 348 g/mol. The molecule has 0 aromatic heterocycles. The van der Waals surface area contributed by atoms with Crippen molar-refractivity contribution in [3.05, 3.63) is 35.4 Å². The van der Waals surface area contributed by atoms with Crippen molar-refractivity contribution in [2.45, 2.75) is 25.5 Å². The molecule has 1 amide bonds. The van der Waals surface area contributed by atoms with Crippen LogP contribution in [0.15, 0.2) is 24.3 Å². The highest BCUT2D eigenvalue weighted by molar-refractivity contribution is 6.27. The van der Waals surface area contributed by atoms with Gasteiger partial charge in [-0.1, -0.05) is 18.2 Å². The molecule has 0 radical (unpaired) electrons. The van der Waals surface area contributed by atoms with Crippen LogP contribution in [0, 0.1) is 0 Å². The van der Waals surface area contributed by atoms with Gasteiger partial charge in [-0.05, 0) is 11.6 Å². The number of rotatable bonds is 6. The van der Waals surface area contributed by atoms with Gasteiger partial charge in [0.2, 0.25) is 5.91 Å². The highest BCUT2D eigenvalue weighted by Crippen LogP contribution is 2.27. The van der Waals surface area contributed by atoms with E-state index in [2.05, 4.69) is 0 Å². The van der Waals surface area contributed by atoms with E-state index < -0.39 is 5.92 Å². The van der Waals surface area contributed by atoms with Crippen LogP contribution in [0.2, 0.25) is 0 Å². The summed E-state index contributed by atoms with van der Waals surface area (Å²) >= 11 is 5.65. The van der Waals surface area contributed by atoms with Crippen molar-refractivity contribution in [1.29, 1.82) is 0 Å². The molecule has 4 nitrogen and oxygen atoms in total. The largest absolute Gasteiger partial charge is 0.376 e. The number of ether oxygens (including phenoxy) is 2. The summed E-state index contributed by atoms with van der Waals surface area (Å²) in [5.41, 5.74) is 0.546. The molecular weight excluding hydrogens is 328 g/mol. The van der Waals surface area contributed by atoms with Crippen LogP contribution in [0.5, 0.6) is 0 Å². The summed E-state index contributed by atoms with van der Waals surface area (Å²) in [7, 11) is 0. The molecule has 2 rings (SSSR count). The molecule has 1 aromatic carbocycles. The number of nitrogens with zero attached hydrogens (tertiary/aromatic N) is 1. The van der Waals surface area contributed by atoms with Crippen LogP contribution in [0.1, 0.15) is 18.1 Å². The first-order valence-electron chi connectivity index (χ1n) is 7.40. The second-order valence-corrected chi connectivity index (χ2v) is 5.83. The number of carbonyl (C=O) groups is 1. The van der Waals surface area contributed by atoms with Crippen LogP contribution in [0.3, 0.4) is 0 Å². The quantitative estimate of drug-likeness (QED) is 0.743. The van der Waals surface area contributed by atoms with Gasteiger partial charge in [0.25, 0.3) is 5.92 Å². The van der Waals surface area contributed by atoms with Crippen LogP contribution >= 0.6 is 11.6 Å². The van der Waals surface area contributed by atoms with E-state index in [1.54, 1.807) is 12.1 Å². The fourth-order valence-electron chi connectivity index (χ4n) is 2.39. The lowest BCUT2D eigenvalue weighted by Gasteiger charge is -2.30. The second-order valence-electron chi connectivity index (χ2n) is 5.56. The van der Waals surface area contributed by atoms with Crippen molar-refractivity contribution in [3.63, 3.8) is 0 Å². The van der Waals surface area contributed by atoms with E-state index in [0.717, 1.165) is 6.92 Å². The van der Waals surface area contributed by atoms with Gasteiger partial charge in [-0.3, -0.25) is 4.79 Å². The highest BCUT2D eigenvalue weighted by atomic mass is 35.5. The van der Waals surface area contributed by atoms with Gasteiger partial charge in [-0.15, -0.1) is 11.6 Å². The Labute approximate surface area is 139 Å². The van der Waals surface area contributed by atoms with Crippen molar-refractivity contribution < 1.29 is 23.0 Å². The molecule has 1 heterocycles. The van der Waals surface area contributed by atoms with Gasteiger partial charge in [-0.2, -0.15) is 0 Å². The molecular formula is C16H20ClF2NO3. The molecule has 1 atom stereocenters. The Bertz CT molecular complexity index is 530. The first-order valence-corrected chi connectivity index (χ1v) is 7.94. The molecule has 0 unspecified atom stereocenters. The SMILES string of the molecule is CC(F)(F)c1cccc(CN(C[C@H]2COCCO2)C(=O)CCl)c1. The molecule has 1 aliphatic rings. The van der Waals surface area contributed by atoms with Gasteiger partial charge in [-0.25, -0.2) is 8.78 Å². The molecule has 1 aliphatic heterocycles. The molecule has 1 aromatic rings. The van der Waals surface area contributed by atoms with Crippen molar-refractivity contribution in [1.82, 2.24) is 4.90 Å². The molecule has 1 fully saturated rings. The summed E-state index contributed by atoms with van der Waals surface area (Å²) in [4.78, 5) is 13.5. The minimum absolute atomic E-state index is 0.0782. The highest BCUT2D eigenvalue weighted by Gasteiger charge is 2.25. The van der Waals surface area contributed by atoms with Crippen molar-refractivity contribution in [2.75, 3.05) is 32.2 Å². The van der Waals surface area contributed by atoms with Crippen LogP contribution in [-0.4, -0.2) is 49.2 Å². The third-order valence-electron chi connectivity index (χ3n) is 3.58. The maximum atomic E-state index is 13.4. The summed E-state index contributed by atoms with van der Waals surface area (Å²) in [5.74, 6) is -3.36. The average Bonchev–Trinajstić information content (AvgIpc) is 2.54. The molecule has 0 spiro atoms. The standard InChI is InChI=1S/C16H20ClF2NO3/c1-16(18,19)13-4-2-3-12(7-13)9-20(15(21)8-17)10-14-11-22-5-6-23-14/h2-4,7,14H,5-6,8-11H2,1H3/t14-/m0/s1. The lowest BCUT2D eigenvalue weighted by molar-refractivity contribution is -0.136. The number of carbonyl (C=O) groups excluding carboxylic acids is 1. The topological polar surface area (TPSA) is 38.8 Å². The molecule has 0 saturated carbocycles. The Morgan fingerprint density at radius 3 is 2.83 bits per heavy atom. The number of alkyl halides is 3. The summed E-state index contributed by atoms with van der Waals surface area (Å²) in [6, 6.07) is 6.05. The minimum atomic E-state index is -2.92. The molecule has 0 N–H and O–H groups in total. The number of amides is 1. The molecule has 23 heavy (non-hydrogen) atoms. The number of hydrogen-bond donors (Lipinski definition) is 0. The van der Waals surface area contributed by atoms with Crippen molar-refractivity contribution in [2.24, 2.45) is 0 Å². The van der Waals surface area contributed by atoms with Gasteiger partial charge in [0, 0.05) is 25.6 Å². The van der Waals surface area contributed by atoms with Gasteiger partial charge >= 0.3 is 0 Å². The number of halogens is 3. The van der Waals surface area contributed by atoms with Gasteiger partial charge in [0.05, 0.1) is 25.9 Å². The van der Waals surface area contributed by atoms with E-state index >= 15 is 0 Å². The summed E-state index contributed by atoms with van der Waals surface area (Å²) < 4.78 is 37.7. The predicted molar refractivity (Wildman–Crippen MR) is 82.7 cm³/mol. The van der Waals surface area contributed by atoms with Crippen LogP contribution < -0.4 is 0 Å². The third kappa shape index (κ3) is 5.41. The second kappa shape index (κ2) is 8.04. The number of benzene rings is 1. The summed E-state index contributed by atoms with van der Waals surface area (Å²) in [5, 5.41) is 0. The normalized spacial score (nSPS) is 18.7. The Balaban J connectivity index is 2.09. The molecule has 0 aliphatic carbocycles. The van der Waals surface area contributed by atoms with Gasteiger partial charge in [0.15, 0.2) is 0 Å². The molecule has 7 heteroatoms. The monoisotopic (exact) mass is 347 g/mol. The van der Waals surface area contributed by atoms with E-state index in [1.165, 1.54) is 17.0 Å². The zero-order chi connectivity index (χ0) is 16.9. The van der Waals surface area contributed by atoms with E-state index in [-0.39, 0.29) is 30.0 Å². The predicted octanol–water partition coefficient (Wildman–Crippen LogP) is 2.78. The smallest absolute Gasteiger partial charge is 0.270 e. The van der Waals surface area contributed by atoms with Crippen LogP contribution in [0.4, 0.5) is 8.78 Å². The zero-order valence-electron chi connectivity index (χ0n) is 12.9. The van der Waals surface area contributed by atoms with E-state index in [4.69, 9.17) is 21.1 Å². The maximum absolute atomic E-state index is 13.4. The first kappa shape index (κ1) is 18.1. The van der Waals surface area contributed by atoms with Gasteiger partial charge < -0.3 is 14.4 Å². The molecule has 128 valence electrons. The third-order valence-corrected chi connectivity index (χ3v) is 3.81. The summed E-state index contributed by atoms with van der Waals surface area (Å²) in [6.07, 6.45) is -0.230. The fourth-order valence-corrected chi connectivity index (χ4v) is 2.56. The van der Waals surface area contributed by atoms with Crippen LogP contribution in [-0.2, 0) is 26.7 Å².